The number of nitrogens with zero attached hydrogens (tertiary/aromatic N) is 1. The van der Waals surface area contributed by atoms with Crippen LogP contribution in [0, 0.1) is 6.92 Å². The molecular weight excluding hydrogens is 473 g/mol. The standard InChI is InChI=1S/C20H27N3O4.HI/c1-14-5-4-6-17(9-14)27-13-16(24)12-23-20(21)22-11-15-7-8-18(25-2)19(10-15)26-3;/h4-10,16,24H,11-13H2,1-3H3,(H3,21,22,23);1H. The van der Waals surface area contributed by atoms with Gasteiger partial charge in [-0.1, -0.05) is 18.2 Å². The number of nitrogens with two attached hydrogens (primary N) is 1. The third kappa shape index (κ3) is 7.81. The predicted octanol–water partition coefficient (Wildman–Crippen LogP) is 2.47. The number of aliphatic imine (C=N–C) groups is 1. The van der Waals surface area contributed by atoms with E-state index in [1.807, 2.05) is 49.4 Å². The van der Waals surface area contributed by atoms with E-state index in [1.54, 1.807) is 14.2 Å². The zero-order chi connectivity index (χ0) is 19.6. The number of aliphatic hydroxyl groups is 1. The molecule has 1 atom stereocenters. The van der Waals surface area contributed by atoms with Gasteiger partial charge in [0.05, 0.1) is 20.8 Å². The Hall–Kier alpha value is -2.20. The summed E-state index contributed by atoms with van der Waals surface area (Å²) in [4.78, 5) is 4.26. The van der Waals surface area contributed by atoms with Crippen LogP contribution in [0.4, 0.5) is 0 Å². The summed E-state index contributed by atoms with van der Waals surface area (Å²) in [5.74, 6) is 2.28. The lowest BCUT2D eigenvalue weighted by Gasteiger charge is -2.14. The average Bonchev–Trinajstić information content (AvgIpc) is 2.68. The number of methoxy groups -OCH3 is 2. The number of hydrogen-bond acceptors (Lipinski definition) is 5. The molecule has 0 spiro atoms. The number of halogens is 1. The van der Waals surface area contributed by atoms with Crippen LogP contribution >= 0.6 is 24.0 Å². The Labute approximate surface area is 182 Å². The number of aliphatic hydroxyl groups excluding tert-OH is 1. The highest BCUT2D eigenvalue weighted by molar-refractivity contribution is 14.0. The summed E-state index contributed by atoms with van der Waals surface area (Å²) in [5.41, 5.74) is 7.89. The molecule has 0 bridgehead atoms. The normalized spacial score (nSPS) is 11.9. The SMILES string of the molecule is COc1ccc(CN=C(N)NCC(O)COc2cccc(C)c2)cc1OC.I. The van der Waals surface area contributed by atoms with E-state index in [-0.39, 0.29) is 43.1 Å². The maximum atomic E-state index is 10.0. The molecule has 1 unspecified atom stereocenters. The molecule has 8 heteroatoms. The van der Waals surface area contributed by atoms with Gasteiger partial charge in [0.2, 0.25) is 0 Å². The molecule has 0 radical (unpaired) electrons. The summed E-state index contributed by atoms with van der Waals surface area (Å²) in [6.45, 7) is 2.78. The molecule has 0 saturated heterocycles. The molecule has 0 aromatic heterocycles. The summed E-state index contributed by atoms with van der Waals surface area (Å²) < 4.78 is 16.0. The average molecular weight is 501 g/mol. The zero-order valence-corrected chi connectivity index (χ0v) is 18.7. The van der Waals surface area contributed by atoms with E-state index in [2.05, 4.69) is 10.3 Å². The molecule has 0 saturated carbocycles. The highest BCUT2D eigenvalue weighted by Crippen LogP contribution is 2.27. The van der Waals surface area contributed by atoms with Crippen LogP contribution in [0.5, 0.6) is 17.2 Å². The number of hydrogen-bond donors (Lipinski definition) is 3. The summed E-state index contributed by atoms with van der Waals surface area (Å²) in [7, 11) is 3.17. The van der Waals surface area contributed by atoms with Crippen LogP contribution in [-0.2, 0) is 6.54 Å². The molecule has 2 rings (SSSR count). The smallest absolute Gasteiger partial charge is 0.189 e. The fourth-order valence-corrected chi connectivity index (χ4v) is 2.39. The second kappa shape index (κ2) is 12.3. The van der Waals surface area contributed by atoms with Crippen LogP contribution in [0.25, 0.3) is 0 Å². The van der Waals surface area contributed by atoms with E-state index in [0.717, 1.165) is 16.9 Å². The summed E-state index contributed by atoms with van der Waals surface area (Å²) in [6, 6.07) is 13.2. The number of rotatable bonds is 9. The van der Waals surface area contributed by atoms with Gasteiger partial charge >= 0.3 is 0 Å². The number of guanidine groups is 1. The van der Waals surface area contributed by atoms with Crippen molar-refractivity contribution in [3.63, 3.8) is 0 Å². The van der Waals surface area contributed by atoms with Crippen molar-refractivity contribution in [1.82, 2.24) is 5.32 Å². The fraction of sp³-hybridized carbons (Fsp3) is 0.350. The molecular formula is C20H28IN3O4. The lowest BCUT2D eigenvalue weighted by Crippen LogP contribution is -2.39. The van der Waals surface area contributed by atoms with Crippen LogP contribution in [-0.4, -0.2) is 44.5 Å². The van der Waals surface area contributed by atoms with E-state index in [9.17, 15) is 5.11 Å². The molecule has 28 heavy (non-hydrogen) atoms. The minimum atomic E-state index is -0.708. The highest BCUT2D eigenvalue weighted by atomic mass is 127. The molecule has 0 heterocycles. The van der Waals surface area contributed by atoms with Gasteiger partial charge in [0, 0.05) is 6.54 Å². The van der Waals surface area contributed by atoms with E-state index in [1.165, 1.54) is 0 Å². The number of ether oxygens (including phenoxy) is 3. The van der Waals surface area contributed by atoms with Gasteiger partial charge in [0.25, 0.3) is 0 Å². The van der Waals surface area contributed by atoms with E-state index < -0.39 is 6.10 Å². The molecule has 2 aromatic rings. The van der Waals surface area contributed by atoms with Gasteiger partial charge in [-0.15, -0.1) is 24.0 Å². The van der Waals surface area contributed by atoms with Crippen LogP contribution < -0.4 is 25.3 Å². The third-order valence-corrected chi connectivity index (χ3v) is 3.83. The maximum Gasteiger partial charge on any atom is 0.189 e. The van der Waals surface area contributed by atoms with Gasteiger partial charge in [-0.3, -0.25) is 0 Å². The lowest BCUT2D eigenvalue weighted by molar-refractivity contribution is 0.110. The van der Waals surface area contributed by atoms with Crippen molar-refractivity contribution in [1.29, 1.82) is 0 Å². The van der Waals surface area contributed by atoms with Gasteiger partial charge in [-0.05, 0) is 42.3 Å². The number of nitrogens with one attached hydrogen (secondary N) is 1. The summed E-state index contributed by atoms with van der Waals surface area (Å²) in [6.07, 6.45) is -0.708. The second-order valence-electron chi connectivity index (χ2n) is 6.05. The largest absolute Gasteiger partial charge is 0.493 e. The molecule has 0 aliphatic rings. The van der Waals surface area contributed by atoms with Crippen molar-refractivity contribution in [2.45, 2.75) is 19.6 Å². The van der Waals surface area contributed by atoms with Crippen molar-refractivity contribution in [3.8, 4) is 17.2 Å². The number of aryl methyl sites for hydroxylation is 1. The Morgan fingerprint density at radius 1 is 1.14 bits per heavy atom. The fourth-order valence-electron chi connectivity index (χ4n) is 2.39. The Morgan fingerprint density at radius 2 is 1.89 bits per heavy atom. The topological polar surface area (TPSA) is 98.3 Å². The Morgan fingerprint density at radius 3 is 2.57 bits per heavy atom. The monoisotopic (exact) mass is 501 g/mol. The maximum absolute atomic E-state index is 10.0. The highest BCUT2D eigenvalue weighted by Gasteiger charge is 2.07. The molecule has 2 aromatic carbocycles. The molecule has 0 fully saturated rings. The second-order valence-corrected chi connectivity index (χ2v) is 6.05. The zero-order valence-electron chi connectivity index (χ0n) is 16.3. The Balaban J connectivity index is 0.00000392. The molecule has 0 aliphatic carbocycles. The lowest BCUT2D eigenvalue weighted by atomic mass is 10.2. The first-order valence-electron chi connectivity index (χ1n) is 8.64. The van der Waals surface area contributed by atoms with Crippen molar-refractivity contribution in [2.75, 3.05) is 27.4 Å². The van der Waals surface area contributed by atoms with Crippen LogP contribution in [0.1, 0.15) is 11.1 Å². The quantitative estimate of drug-likeness (QED) is 0.278. The third-order valence-electron chi connectivity index (χ3n) is 3.83. The predicted molar refractivity (Wildman–Crippen MR) is 121 cm³/mol. The molecule has 154 valence electrons. The molecule has 0 aliphatic heterocycles. The molecule has 7 nitrogen and oxygen atoms in total. The van der Waals surface area contributed by atoms with Crippen LogP contribution in [0.2, 0.25) is 0 Å². The van der Waals surface area contributed by atoms with Crippen molar-refractivity contribution in [3.05, 3.63) is 53.6 Å². The Bertz CT molecular complexity index is 771. The first kappa shape index (κ1) is 23.8. The van der Waals surface area contributed by atoms with Crippen molar-refractivity contribution in [2.24, 2.45) is 10.7 Å². The van der Waals surface area contributed by atoms with E-state index >= 15 is 0 Å². The number of benzene rings is 2. The first-order valence-corrected chi connectivity index (χ1v) is 8.64. The van der Waals surface area contributed by atoms with Crippen molar-refractivity contribution < 1.29 is 19.3 Å². The van der Waals surface area contributed by atoms with E-state index in [4.69, 9.17) is 19.9 Å². The summed E-state index contributed by atoms with van der Waals surface area (Å²) >= 11 is 0. The first-order chi connectivity index (χ1) is 13.0. The Kier molecular flexibility index (Phi) is 10.5. The van der Waals surface area contributed by atoms with Gasteiger partial charge in [0.1, 0.15) is 18.5 Å². The van der Waals surface area contributed by atoms with E-state index in [0.29, 0.717) is 18.0 Å². The van der Waals surface area contributed by atoms with Gasteiger partial charge in [-0.25, -0.2) is 4.99 Å². The van der Waals surface area contributed by atoms with Gasteiger partial charge in [0.15, 0.2) is 17.5 Å². The minimum absolute atomic E-state index is 0. The summed E-state index contributed by atoms with van der Waals surface area (Å²) in [5, 5.41) is 12.9. The van der Waals surface area contributed by atoms with Crippen LogP contribution in [0.3, 0.4) is 0 Å². The van der Waals surface area contributed by atoms with Crippen LogP contribution in [0.15, 0.2) is 47.5 Å². The van der Waals surface area contributed by atoms with Gasteiger partial charge in [-0.2, -0.15) is 0 Å². The molecule has 4 N–H and O–H groups in total. The molecule has 0 amide bonds. The van der Waals surface area contributed by atoms with Gasteiger partial charge < -0.3 is 30.4 Å². The minimum Gasteiger partial charge on any atom is -0.493 e. The van der Waals surface area contributed by atoms with Crippen molar-refractivity contribution >= 4 is 29.9 Å².